The van der Waals surface area contributed by atoms with Gasteiger partial charge in [-0.15, -0.1) is 5.10 Å². The lowest BCUT2D eigenvalue weighted by atomic mass is 10.1. The first kappa shape index (κ1) is 20.6. The minimum atomic E-state index is -0.417. The van der Waals surface area contributed by atoms with Crippen LogP contribution in [-0.2, 0) is 0 Å². The summed E-state index contributed by atoms with van der Waals surface area (Å²) in [6, 6.07) is 20.5. The van der Waals surface area contributed by atoms with Crippen molar-refractivity contribution in [3.63, 3.8) is 0 Å². The fourth-order valence-electron chi connectivity index (χ4n) is 3.32. The molecule has 3 aromatic carbocycles. The Kier molecular flexibility index (Phi) is 5.73. The zero-order valence-corrected chi connectivity index (χ0v) is 18.1. The standard InChI is InChI=1S/C24H21ClN4O2/c1-15-10-11-21(16(2)12-15)29-23(17-6-4-7-18(25)13-17)27-22(28-29)24(30)26-19-8-5-9-20(14-19)31-3/h4-14H,1-3H3,(H,26,30). The second-order valence-electron chi connectivity index (χ2n) is 7.16. The molecule has 0 aliphatic rings. The molecule has 1 amide bonds. The molecule has 7 heteroatoms. The van der Waals surface area contributed by atoms with E-state index in [9.17, 15) is 4.79 Å². The summed E-state index contributed by atoms with van der Waals surface area (Å²) in [5.41, 5.74) is 4.36. The van der Waals surface area contributed by atoms with Gasteiger partial charge in [0.1, 0.15) is 5.75 Å². The Morgan fingerprint density at radius 3 is 2.58 bits per heavy atom. The van der Waals surface area contributed by atoms with Crippen LogP contribution in [0.5, 0.6) is 5.75 Å². The lowest BCUT2D eigenvalue weighted by molar-refractivity contribution is 0.101. The highest BCUT2D eigenvalue weighted by molar-refractivity contribution is 6.30. The zero-order chi connectivity index (χ0) is 22.0. The number of rotatable bonds is 5. The van der Waals surface area contributed by atoms with E-state index in [-0.39, 0.29) is 5.82 Å². The number of aryl methyl sites for hydroxylation is 2. The van der Waals surface area contributed by atoms with Gasteiger partial charge in [-0.25, -0.2) is 9.67 Å². The molecule has 0 aliphatic carbocycles. The fourth-order valence-corrected chi connectivity index (χ4v) is 3.51. The summed E-state index contributed by atoms with van der Waals surface area (Å²) in [7, 11) is 1.57. The van der Waals surface area contributed by atoms with Crippen molar-refractivity contribution in [2.45, 2.75) is 13.8 Å². The largest absolute Gasteiger partial charge is 0.497 e. The molecule has 1 heterocycles. The number of hydrogen-bond acceptors (Lipinski definition) is 4. The van der Waals surface area contributed by atoms with E-state index in [0.717, 1.165) is 22.4 Å². The maximum atomic E-state index is 12.9. The number of carbonyl (C=O) groups is 1. The molecule has 1 aromatic heterocycles. The molecule has 0 saturated carbocycles. The molecule has 156 valence electrons. The van der Waals surface area contributed by atoms with E-state index < -0.39 is 5.91 Å². The third kappa shape index (κ3) is 4.44. The molecule has 31 heavy (non-hydrogen) atoms. The number of amides is 1. The van der Waals surface area contributed by atoms with Crippen LogP contribution < -0.4 is 10.1 Å². The van der Waals surface area contributed by atoms with Crippen molar-refractivity contribution < 1.29 is 9.53 Å². The minimum absolute atomic E-state index is 0.0535. The molecular weight excluding hydrogens is 412 g/mol. The Morgan fingerprint density at radius 1 is 1.03 bits per heavy atom. The lowest BCUT2D eigenvalue weighted by Crippen LogP contribution is -2.14. The molecule has 0 aliphatic heterocycles. The number of anilines is 1. The highest BCUT2D eigenvalue weighted by Crippen LogP contribution is 2.26. The number of carbonyl (C=O) groups excluding carboxylic acids is 1. The number of hydrogen-bond donors (Lipinski definition) is 1. The maximum Gasteiger partial charge on any atom is 0.295 e. The monoisotopic (exact) mass is 432 g/mol. The highest BCUT2D eigenvalue weighted by Gasteiger charge is 2.20. The van der Waals surface area contributed by atoms with Gasteiger partial charge in [-0.05, 0) is 49.7 Å². The fraction of sp³-hybridized carbons (Fsp3) is 0.125. The molecule has 0 saturated heterocycles. The number of halogens is 1. The van der Waals surface area contributed by atoms with Gasteiger partial charge in [0.15, 0.2) is 5.82 Å². The molecule has 0 atom stereocenters. The van der Waals surface area contributed by atoms with Crippen molar-refractivity contribution in [1.29, 1.82) is 0 Å². The summed E-state index contributed by atoms with van der Waals surface area (Å²) < 4.78 is 6.90. The van der Waals surface area contributed by atoms with E-state index in [0.29, 0.717) is 22.3 Å². The van der Waals surface area contributed by atoms with Gasteiger partial charge in [-0.3, -0.25) is 4.79 Å². The van der Waals surface area contributed by atoms with Crippen LogP contribution >= 0.6 is 11.6 Å². The summed E-state index contributed by atoms with van der Waals surface area (Å²) in [5, 5.41) is 7.94. The highest BCUT2D eigenvalue weighted by atomic mass is 35.5. The smallest absolute Gasteiger partial charge is 0.295 e. The van der Waals surface area contributed by atoms with Crippen molar-refractivity contribution in [3.8, 4) is 22.8 Å². The average Bonchev–Trinajstić information content (AvgIpc) is 3.19. The number of aromatic nitrogens is 3. The SMILES string of the molecule is COc1cccc(NC(=O)c2nc(-c3cccc(Cl)c3)n(-c3ccc(C)cc3C)n2)c1. The van der Waals surface area contributed by atoms with Gasteiger partial charge in [0, 0.05) is 22.3 Å². The van der Waals surface area contributed by atoms with Crippen molar-refractivity contribution in [2.75, 3.05) is 12.4 Å². The van der Waals surface area contributed by atoms with Gasteiger partial charge >= 0.3 is 0 Å². The quantitative estimate of drug-likeness (QED) is 0.454. The zero-order valence-electron chi connectivity index (χ0n) is 17.4. The second-order valence-corrected chi connectivity index (χ2v) is 7.59. The van der Waals surface area contributed by atoms with Crippen LogP contribution in [0.2, 0.25) is 5.02 Å². The third-order valence-electron chi connectivity index (χ3n) is 4.80. The van der Waals surface area contributed by atoms with E-state index in [2.05, 4.69) is 21.5 Å². The van der Waals surface area contributed by atoms with Crippen LogP contribution in [-0.4, -0.2) is 27.8 Å². The van der Waals surface area contributed by atoms with Crippen LogP contribution in [0.1, 0.15) is 21.7 Å². The maximum absolute atomic E-state index is 12.9. The number of benzene rings is 3. The number of methoxy groups -OCH3 is 1. The van der Waals surface area contributed by atoms with Crippen LogP contribution in [0, 0.1) is 13.8 Å². The van der Waals surface area contributed by atoms with E-state index >= 15 is 0 Å². The predicted molar refractivity (Wildman–Crippen MR) is 122 cm³/mol. The van der Waals surface area contributed by atoms with E-state index in [4.69, 9.17) is 16.3 Å². The minimum Gasteiger partial charge on any atom is -0.497 e. The number of nitrogens with zero attached hydrogens (tertiary/aromatic N) is 3. The predicted octanol–water partition coefficient (Wildman–Crippen LogP) is 5.47. The van der Waals surface area contributed by atoms with Gasteiger partial charge < -0.3 is 10.1 Å². The number of nitrogens with one attached hydrogen (secondary N) is 1. The van der Waals surface area contributed by atoms with Crippen LogP contribution in [0.4, 0.5) is 5.69 Å². The van der Waals surface area contributed by atoms with Gasteiger partial charge in [0.25, 0.3) is 5.91 Å². The second kappa shape index (κ2) is 8.62. The first-order valence-corrected chi connectivity index (χ1v) is 10.1. The average molecular weight is 433 g/mol. The van der Waals surface area contributed by atoms with Crippen molar-refractivity contribution >= 4 is 23.2 Å². The molecule has 1 N–H and O–H groups in total. The van der Waals surface area contributed by atoms with Crippen molar-refractivity contribution in [3.05, 3.63) is 88.7 Å². The van der Waals surface area contributed by atoms with Crippen LogP contribution in [0.25, 0.3) is 17.1 Å². The summed E-state index contributed by atoms with van der Waals surface area (Å²) >= 11 is 6.20. The molecule has 0 radical (unpaired) electrons. The lowest BCUT2D eigenvalue weighted by Gasteiger charge is -2.10. The first-order chi connectivity index (χ1) is 14.9. The van der Waals surface area contributed by atoms with Gasteiger partial charge in [0.2, 0.25) is 5.82 Å². The molecule has 0 spiro atoms. The molecule has 0 unspecified atom stereocenters. The summed E-state index contributed by atoms with van der Waals surface area (Å²) in [4.78, 5) is 17.5. The van der Waals surface area contributed by atoms with E-state index in [1.807, 2.05) is 38.1 Å². The normalized spacial score (nSPS) is 10.7. The van der Waals surface area contributed by atoms with Gasteiger partial charge in [-0.2, -0.15) is 0 Å². The Hall–Kier alpha value is -3.64. The molecule has 4 rings (SSSR count). The Bertz CT molecular complexity index is 1270. The van der Waals surface area contributed by atoms with Crippen molar-refractivity contribution in [2.24, 2.45) is 0 Å². The summed E-state index contributed by atoms with van der Waals surface area (Å²) in [6.45, 7) is 4.03. The van der Waals surface area contributed by atoms with Gasteiger partial charge in [0.05, 0.1) is 12.8 Å². The molecule has 4 aromatic rings. The Morgan fingerprint density at radius 2 is 1.84 bits per heavy atom. The topological polar surface area (TPSA) is 69.0 Å². The molecular formula is C24H21ClN4O2. The third-order valence-corrected chi connectivity index (χ3v) is 5.04. The number of ether oxygens (including phenoxy) is 1. The Balaban J connectivity index is 1.78. The van der Waals surface area contributed by atoms with E-state index in [1.165, 1.54) is 0 Å². The molecule has 6 nitrogen and oxygen atoms in total. The van der Waals surface area contributed by atoms with Crippen LogP contribution in [0.3, 0.4) is 0 Å². The first-order valence-electron chi connectivity index (χ1n) is 9.70. The van der Waals surface area contributed by atoms with Crippen molar-refractivity contribution in [1.82, 2.24) is 14.8 Å². The van der Waals surface area contributed by atoms with E-state index in [1.54, 1.807) is 48.2 Å². The summed E-state index contributed by atoms with van der Waals surface area (Å²) in [6.07, 6.45) is 0. The van der Waals surface area contributed by atoms with Crippen LogP contribution in [0.15, 0.2) is 66.7 Å². The Labute approximate surface area is 185 Å². The summed E-state index contributed by atoms with van der Waals surface area (Å²) in [5.74, 6) is 0.814. The molecule has 0 fully saturated rings. The van der Waals surface area contributed by atoms with Gasteiger partial charge in [-0.1, -0.05) is 47.5 Å². The molecule has 0 bridgehead atoms.